The van der Waals surface area contributed by atoms with Crippen LogP contribution in [0.1, 0.15) is 64.2 Å². The molecule has 0 rings (SSSR count). The molecule has 14 heteroatoms. The lowest BCUT2D eigenvalue weighted by molar-refractivity contribution is -0.164. The normalized spacial score (nSPS) is 11.0. The predicted molar refractivity (Wildman–Crippen MR) is 172 cm³/mol. The first-order chi connectivity index (χ1) is 22.9. The lowest BCUT2D eigenvalue weighted by Gasteiger charge is -2.29. The van der Waals surface area contributed by atoms with Gasteiger partial charge in [-0.1, -0.05) is 64.8 Å². The van der Waals surface area contributed by atoms with Crippen LogP contribution in [0.3, 0.4) is 0 Å². The van der Waals surface area contributed by atoms with E-state index in [0.717, 1.165) is 62.8 Å². The van der Waals surface area contributed by atoms with E-state index in [9.17, 15) is 39.0 Å². The van der Waals surface area contributed by atoms with E-state index in [-0.39, 0.29) is 52.5 Å². The summed E-state index contributed by atoms with van der Waals surface area (Å²) in [5, 5.41) is 19.8. The molecule has 0 aliphatic rings. The van der Waals surface area contributed by atoms with Gasteiger partial charge in [0.1, 0.15) is 39.6 Å². The van der Waals surface area contributed by atoms with Gasteiger partial charge in [-0.3, -0.25) is 9.59 Å². The molecule has 0 spiro atoms. The van der Waals surface area contributed by atoms with Gasteiger partial charge in [0.15, 0.2) is 0 Å². The van der Waals surface area contributed by atoms with Crippen molar-refractivity contribution in [2.75, 3.05) is 52.9 Å². The van der Waals surface area contributed by atoms with Crippen LogP contribution in [0.25, 0.3) is 0 Å². The van der Waals surface area contributed by atoms with Crippen LogP contribution in [0.15, 0.2) is 50.6 Å². The third-order valence-electron chi connectivity index (χ3n) is 7.01. The van der Waals surface area contributed by atoms with Crippen molar-refractivity contribution in [1.29, 1.82) is 0 Å². The lowest BCUT2D eigenvalue weighted by Crippen LogP contribution is -2.42. The van der Waals surface area contributed by atoms with Gasteiger partial charge >= 0.3 is 35.8 Å². The molecule has 0 fully saturated rings. The molecule has 14 nitrogen and oxygen atoms in total. The summed E-state index contributed by atoms with van der Waals surface area (Å²) >= 11 is 0. The molecule has 0 bridgehead atoms. The number of rotatable bonds is 29. The van der Waals surface area contributed by atoms with Gasteiger partial charge < -0.3 is 38.6 Å². The second-order valence-corrected chi connectivity index (χ2v) is 11.2. The maximum Gasteiger partial charge on any atom is 0.330 e. The van der Waals surface area contributed by atoms with Gasteiger partial charge in [-0.25, -0.2) is 19.2 Å². The summed E-state index contributed by atoms with van der Waals surface area (Å²) in [7, 11) is 0. The van der Waals surface area contributed by atoms with Crippen molar-refractivity contribution in [3.63, 3.8) is 0 Å². The van der Waals surface area contributed by atoms with Crippen LogP contribution in [-0.2, 0) is 57.2 Å². The first-order valence-electron chi connectivity index (χ1n) is 15.6. The fourth-order valence-corrected chi connectivity index (χ4v) is 3.87. The minimum atomic E-state index is -1.34. The minimum absolute atomic E-state index is 0.146. The Bertz CT molecular complexity index is 948. The van der Waals surface area contributed by atoms with E-state index >= 15 is 0 Å². The molecule has 0 aromatic heterocycles. The van der Waals surface area contributed by atoms with E-state index < -0.39 is 59.9 Å². The zero-order valence-corrected chi connectivity index (χ0v) is 27.7. The third-order valence-corrected chi connectivity index (χ3v) is 7.01. The van der Waals surface area contributed by atoms with Crippen molar-refractivity contribution in [2.45, 2.75) is 64.2 Å². The van der Waals surface area contributed by atoms with Crippen LogP contribution in [-0.4, -0.2) is 98.9 Å². The minimum Gasteiger partial charge on any atom is -0.465 e. The highest BCUT2D eigenvalue weighted by Crippen LogP contribution is 2.22. The standard InChI is InChI=1S/C34H50O14/c1-5-27(37)43-21-33(19-35,22-44-28(38)6-2)25-47-31(41)17-15-13-11-9-10-12-14-16-18-32(42)48-26-34(20-36,23-45-29(39)7-3)24-46-30(40)8-4/h5-8,35-36H,1-4,9-26H2. The van der Waals surface area contributed by atoms with Gasteiger partial charge in [0.25, 0.3) is 0 Å². The Kier molecular flexibility index (Phi) is 23.4. The fourth-order valence-electron chi connectivity index (χ4n) is 3.87. The highest BCUT2D eigenvalue weighted by atomic mass is 16.6. The van der Waals surface area contributed by atoms with Crippen LogP contribution < -0.4 is 0 Å². The number of hydrogen-bond donors (Lipinski definition) is 2. The predicted octanol–water partition coefficient (Wildman–Crippen LogP) is 2.85. The van der Waals surface area contributed by atoms with Gasteiger partial charge in [0.2, 0.25) is 0 Å². The van der Waals surface area contributed by atoms with E-state index in [1.165, 1.54) is 0 Å². The average Bonchev–Trinajstić information content (AvgIpc) is 3.11. The van der Waals surface area contributed by atoms with Crippen molar-refractivity contribution >= 4 is 35.8 Å². The van der Waals surface area contributed by atoms with Gasteiger partial charge in [-0.2, -0.15) is 0 Å². The molecule has 270 valence electrons. The summed E-state index contributed by atoms with van der Waals surface area (Å²) in [6, 6.07) is 0. The topological polar surface area (TPSA) is 198 Å². The third kappa shape index (κ3) is 20.0. The summed E-state index contributed by atoms with van der Waals surface area (Å²) < 4.78 is 30.5. The van der Waals surface area contributed by atoms with Crippen LogP contribution in [0.4, 0.5) is 0 Å². The van der Waals surface area contributed by atoms with Gasteiger partial charge in [-0.05, 0) is 12.8 Å². The number of ether oxygens (including phenoxy) is 6. The first kappa shape index (κ1) is 43.7. The summed E-state index contributed by atoms with van der Waals surface area (Å²) in [6.07, 6.45) is 10.5. The molecule has 0 aliphatic carbocycles. The van der Waals surface area contributed by atoms with Crippen molar-refractivity contribution in [1.82, 2.24) is 0 Å². The molecule has 0 saturated carbocycles. The summed E-state index contributed by atoms with van der Waals surface area (Å²) in [6.45, 7) is 9.93. The second kappa shape index (κ2) is 25.7. The van der Waals surface area contributed by atoms with Gasteiger partial charge in [0, 0.05) is 37.1 Å². The Labute approximate surface area is 281 Å². The largest absolute Gasteiger partial charge is 0.465 e. The Balaban J connectivity index is 4.35. The first-order valence-corrected chi connectivity index (χ1v) is 15.6. The lowest BCUT2D eigenvalue weighted by atomic mass is 9.92. The molecule has 0 aliphatic heterocycles. The van der Waals surface area contributed by atoms with E-state index in [1.807, 2.05) is 0 Å². The Morgan fingerprint density at radius 1 is 0.417 bits per heavy atom. The summed E-state index contributed by atoms with van der Waals surface area (Å²) in [5.41, 5.74) is -2.67. The molecule has 0 amide bonds. The van der Waals surface area contributed by atoms with Crippen LogP contribution in [0, 0.1) is 10.8 Å². The summed E-state index contributed by atoms with van der Waals surface area (Å²) in [4.78, 5) is 70.4. The van der Waals surface area contributed by atoms with Crippen molar-refractivity contribution in [3.8, 4) is 0 Å². The monoisotopic (exact) mass is 682 g/mol. The van der Waals surface area contributed by atoms with Crippen LogP contribution in [0.5, 0.6) is 0 Å². The molecule has 0 unspecified atom stereocenters. The zero-order chi connectivity index (χ0) is 36.3. The fraction of sp³-hybridized carbons (Fsp3) is 0.588. The number of unbranched alkanes of at least 4 members (excludes halogenated alkanes) is 7. The number of hydrogen-bond acceptors (Lipinski definition) is 14. The molecular formula is C34H50O14. The van der Waals surface area contributed by atoms with E-state index in [2.05, 4.69) is 26.3 Å². The van der Waals surface area contributed by atoms with E-state index in [1.54, 1.807) is 0 Å². The molecule has 0 saturated heterocycles. The molecule has 0 radical (unpaired) electrons. The van der Waals surface area contributed by atoms with Crippen molar-refractivity contribution in [3.05, 3.63) is 50.6 Å². The summed E-state index contributed by atoms with van der Waals surface area (Å²) in [5.74, 6) is -3.98. The van der Waals surface area contributed by atoms with Crippen molar-refractivity contribution in [2.24, 2.45) is 10.8 Å². The van der Waals surface area contributed by atoms with E-state index in [4.69, 9.17) is 28.4 Å². The highest BCUT2D eigenvalue weighted by Gasteiger charge is 2.36. The number of esters is 6. The zero-order valence-electron chi connectivity index (χ0n) is 27.7. The number of carbonyl (C=O) groups is 6. The SMILES string of the molecule is C=CC(=O)OCC(CO)(COC(=O)C=C)COC(=O)CCCCCCCCCCC(=O)OCC(CO)(COC(=O)C=C)COC(=O)C=C. The van der Waals surface area contributed by atoms with Crippen LogP contribution in [0.2, 0.25) is 0 Å². The molecule has 0 aromatic carbocycles. The number of carbonyl (C=O) groups excluding carboxylic acids is 6. The van der Waals surface area contributed by atoms with Crippen LogP contribution >= 0.6 is 0 Å². The van der Waals surface area contributed by atoms with Gasteiger partial charge in [0.05, 0.1) is 24.0 Å². The number of aliphatic hydroxyl groups is 2. The Hall–Kier alpha value is -4.30. The molecule has 48 heavy (non-hydrogen) atoms. The molecular weight excluding hydrogens is 632 g/mol. The van der Waals surface area contributed by atoms with Gasteiger partial charge in [-0.15, -0.1) is 0 Å². The average molecular weight is 683 g/mol. The van der Waals surface area contributed by atoms with Crippen molar-refractivity contribution < 1.29 is 67.4 Å². The maximum absolute atomic E-state index is 12.3. The number of aliphatic hydroxyl groups excluding tert-OH is 2. The van der Waals surface area contributed by atoms with E-state index in [0.29, 0.717) is 12.8 Å². The molecule has 0 heterocycles. The molecule has 0 aromatic rings. The Morgan fingerprint density at radius 3 is 0.875 bits per heavy atom. The maximum atomic E-state index is 12.3. The smallest absolute Gasteiger partial charge is 0.330 e. The Morgan fingerprint density at radius 2 is 0.646 bits per heavy atom. The highest BCUT2D eigenvalue weighted by molar-refractivity contribution is 5.82. The molecule has 2 N–H and O–H groups in total. The second-order valence-electron chi connectivity index (χ2n) is 11.2. The quantitative estimate of drug-likeness (QED) is 0.0505. The molecule has 0 atom stereocenters.